The van der Waals surface area contributed by atoms with E-state index in [2.05, 4.69) is 0 Å². The van der Waals surface area contributed by atoms with Crippen LogP contribution in [0.2, 0.25) is 0 Å². The van der Waals surface area contributed by atoms with Crippen LogP contribution in [0.5, 0.6) is 0 Å². The first-order chi connectivity index (χ1) is 4.74. The predicted octanol–water partition coefficient (Wildman–Crippen LogP) is 2.70. The van der Waals surface area contributed by atoms with Crippen LogP contribution in [0.3, 0.4) is 0 Å². The lowest BCUT2D eigenvalue weighted by Crippen LogP contribution is -1.80. The van der Waals surface area contributed by atoms with Gasteiger partial charge < -0.3 is 4.55 Å². The van der Waals surface area contributed by atoms with Crippen LogP contribution in [0.4, 0.5) is 4.39 Å². The van der Waals surface area contributed by atoms with Gasteiger partial charge in [-0.05, 0) is 24.6 Å². The third-order valence-corrected chi connectivity index (χ3v) is 1.69. The monoisotopic (exact) mass is 158 g/mol. The van der Waals surface area contributed by atoms with Gasteiger partial charge in [-0.25, -0.2) is 4.39 Å². The van der Waals surface area contributed by atoms with Gasteiger partial charge >= 0.3 is 0 Å². The normalized spacial score (nSPS) is 9.90. The number of aryl methyl sites for hydroxylation is 1. The van der Waals surface area contributed by atoms with Crippen LogP contribution in [-0.4, -0.2) is 4.55 Å². The Morgan fingerprint density at radius 3 is 2.70 bits per heavy atom. The van der Waals surface area contributed by atoms with Crippen LogP contribution in [0.1, 0.15) is 5.56 Å². The first-order valence-electron chi connectivity index (χ1n) is 2.81. The summed E-state index contributed by atoms with van der Waals surface area (Å²) in [5.41, 5.74) is 0.943. The molecular formula is C7H7FOS. The third kappa shape index (κ3) is 1.49. The van der Waals surface area contributed by atoms with Crippen LogP contribution in [0.15, 0.2) is 23.1 Å². The standard InChI is InChI=1S/C7H7FOS/c1-5-2-3-6(8)7(4-5)10-9/h2-4,9H,1H3. The van der Waals surface area contributed by atoms with Gasteiger partial charge in [0.15, 0.2) is 0 Å². The molecule has 0 atom stereocenters. The van der Waals surface area contributed by atoms with Crippen molar-refractivity contribution in [3.8, 4) is 0 Å². The molecule has 0 amide bonds. The van der Waals surface area contributed by atoms with E-state index < -0.39 is 0 Å². The van der Waals surface area contributed by atoms with Crippen LogP contribution in [-0.2, 0) is 0 Å². The maximum absolute atomic E-state index is 12.6. The highest BCUT2D eigenvalue weighted by Crippen LogP contribution is 2.19. The summed E-state index contributed by atoms with van der Waals surface area (Å²) in [7, 11) is 0. The Morgan fingerprint density at radius 1 is 1.50 bits per heavy atom. The maximum atomic E-state index is 12.6. The molecule has 1 aromatic rings. The van der Waals surface area contributed by atoms with Gasteiger partial charge in [0.05, 0.1) is 4.90 Å². The average Bonchev–Trinajstić information content (AvgIpc) is 1.94. The minimum absolute atomic E-state index is 0.278. The van der Waals surface area contributed by atoms with Crippen molar-refractivity contribution in [2.24, 2.45) is 0 Å². The molecule has 0 radical (unpaired) electrons. The molecule has 0 saturated heterocycles. The Morgan fingerprint density at radius 2 is 2.20 bits per heavy atom. The summed E-state index contributed by atoms with van der Waals surface area (Å²) in [4.78, 5) is 0.278. The lowest BCUT2D eigenvalue weighted by molar-refractivity contribution is 0.590. The smallest absolute Gasteiger partial charge is 0.139 e. The van der Waals surface area contributed by atoms with E-state index in [4.69, 9.17) is 4.55 Å². The molecule has 0 aliphatic rings. The van der Waals surface area contributed by atoms with Crippen molar-refractivity contribution in [3.05, 3.63) is 29.6 Å². The summed E-state index contributed by atoms with van der Waals surface area (Å²) in [5, 5.41) is 0. The second-order valence-corrected chi connectivity index (χ2v) is 2.65. The Labute approximate surface area is 63.1 Å². The van der Waals surface area contributed by atoms with E-state index in [0.717, 1.165) is 5.56 Å². The molecule has 54 valence electrons. The van der Waals surface area contributed by atoms with Gasteiger partial charge in [0.2, 0.25) is 0 Å². The molecule has 0 spiro atoms. The molecule has 3 heteroatoms. The molecule has 0 saturated carbocycles. The van der Waals surface area contributed by atoms with Crippen LogP contribution >= 0.6 is 12.0 Å². The highest BCUT2D eigenvalue weighted by Gasteiger charge is 1.99. The molecule has 1 rings (SSSR count). The van der Waals surface area contributed by atoms with Gasteiger partial charge in [-0.2, -0.15) is 0 Å². The number of hydrogen-bond donors (Lipinski definition) is 1. The average molecular weight is 158 g/mol. The molecule has 0 bridgehead atoms. The fourth-order valence-electron chi connectivity index (χ4n) is 0.681. The van der Waals surface area contributed by atoms with Gasteiger partial charge in [-0.15, -0.1) is 0 Å². The summed E-state index contributed by atoms with van der Waals surface area (Å²) in [6.07, 6.45) is 0. The fraction of sp³-hybridized carbons (Fsp3) is 0.143. The van der Waals surface area contributed by atoms with Gasteiger partial charge in [0, 0.05) is 12.0 Å². The first kappa shape index (κ1) is 7.57. The van der Waals surface area contributed by atoms with Gasteiger partial charge in [-0.3, -0.25) is 0 Å². The van der Waals surface area contributed by atoms with E-state index in [9.17, 15) is 4.39 Å². The minimum atomic E-state index is -0.377. The van der Waals surface area contributed by atoms with E-state index >= 15 is 0 Å². The lowest BCUT2D eigenvalue weighted by Gasteiger charge is -1.97. The molecule has 0 fully saturated rings. The lowest BCUT2D eigenvalue weighted by atomic mass is 10.2. The zero-order chi connectivity index (χ0) is 7.56. The van der Waals surface area contributed by atoms with Crippen LogP contribution in [0, 0.1) is 12.7 Å². The van der Waals surface area contributed by atoms with Gasteiger partial charge in [0.1, 0.15) is 5.82 Å². The van der Waals surface area contributed by atoms with E-state index in [1.165, 1.54) is 6.07 Å². The minimum Gasteiger partial charge on any atom is -0.325 e. The van der Waals surface area contributed by atoms with Crippen molar-refractivity contribution >= 4 is 12.0 Å². The largest absolute Gasteiger partial charge is 0.325 e. The summed E-state index contributed by atoms with van der Waals surface area (Å²) in [6.45, 7) is 1.85. The quantitative estimate of drug-likeness (QED) is 0.634. The third-order valence-electron chi connectivity index (χ3n) is 1.19. The fourth-order valence-corrected chi connectivity index (χ4v) is 1.07. The molecular weight excluding hydrogens is 151 g/mol. The highest BCUT2D eigenvalue weighted by molar-refractivity contribution is 7.93. The highest BCUT2D eigenvalue weighted by atomic mass is 32.2. The van der Waals surface area contributed by atoms with E-state index in [-0.39, 0.29) is 10.7 Å². The number of hydrogen-bond acceptors (Lipinski definition) is 2. The van der Waals surface area contributed by atoms with Crippen molar-refractivity contribution in [1.29, 1.82) is 0 Å². The Hall–Kier alpha value is -0.540. The van der Waals surface area contributed by atoms with Crippen LogP contribution in [0.25, 0.3) is 0 Å². The zero-order valence-electron chi connectivity index (χ0n) is 5.47. The summed E-state index contributed by atoms with van der Waals surface area (Å²) >= 11 is 0.435. The number of rotatable bonds is 1. The summed E-state index contributed by atoms with van der Waals surface area (Å²) in [5.74, 6) is -0.377. The Balaban J connectivity index is 3.09. The summed E-state index contributed by atoms with van der Waals surface area (Å²) < 4.78 is 21.1. The van der Waals surface area contributed by atoms with E-state index in [1.54, 1.807) is 12.1 Å². The van der Waals surface area contributed by atoms with Crippen molar-refractivity contribution in [1.82, 2.24) is 0 Å². The van der Waals surface area contributed by atoms with E-state index in [1.807, 2.05) is 6.92 Å². The topological polar surface area (TPSA) is 20.2 Å². The molecule has 0 aromatic heterocycles. The molecule has 0 unspecified atom stereocenters. The second-order valence-electron chi connectivity index (χ2n) is 2.03. The second kappa shape index (κ2) is 3.03. The van der Waals surface area contributed by atoms with Crippen LogP contribution < -0.4 is 0 Å². The van der Waals surface area contributed by atoms with Crippen molar-refractivity contribution in [2.75, 3.05) is 0 Å². The molecule has 1 N–H and O–H groups in total. The van der Waals surface area contributed by atoms with Crippen molar-refractivity contribution < 1.29 is 8.94 Å². The van der Waals surface area contributed by atoms with Crippen molar-refractivity contribution in [3.63, 3.8) is 0 Å². The Bertz CT molecular complexity index is 237. The predicted molar refractivity (Wildman–Crippen MR) is 39.6 cm³/mol. The molecule has 0 aliphatic carbocycles. The van der Waals surface area contributed by atoms with E-state index in [0.29, 0.717) is 12.0 Å². The van der Waals surface area contributed by atoms with Gasteiger partial charge in [0.25, 0.3) is 0 Å². The first-order valence-corrected chi connectivity index (χ1v) is 3.59. The molecule has 1 nitrogen and oxygen atoms in total. The molecule has 0 aliphatic heterocycles. The Kier molecular flexibility index (Phi) is 2.29. The molecule has 10 heavy (non-hydrogen) atoms. The molecule has 0 heterocycles. The van der Waals surface area contributed by atoms with Gasteiger partial charge in [-0.1, -0.05) is 6.07 Å². The SMILES string of the molecule is Cc1ccc(F)c(SO)c1. The zero-order valence-corrected chi connectivity index (χ0v) is 6.28. The van der Waals surface area contributed by atoms with Crippen molar-refractivity contribution in [2.45, 2.75) is 11.8 Å². The number of halogens is 1. The number of benzene rings is 1. The molecule has 1 aromatic carbocycles. The summed E-state index contributed by atoms with van der Waals surface area (Å²) in [6, 6.07) is 4.60. The maximum Gasteiger partial charge on any atom is 0.139 e.